The van der Waals surface area contributed by atoms with E-state index in [1.807, 2.05) is 76.9 Å². The number of benzene rings is 4. The molecule has 3 aliphatic rings. The third-order valence-corrected chi connectivity index (χ3v) is 13.9. The minimum absolute atomic E-state index is 0.0121. The van der Waals surface area contributed by atoms with Gasteiger partial charge in [-0.25, -0.2) is 4.68 Å². The Balaban J connectivity index is 0.997. The Bertz CT molecular complexity index is 2720. The van der Waals surface area contributed by atoms with E-state index in [-0.39, 0.29) is 30.0 Å². The van der Waals surface area contributed by atoms with Gasteiger partial charge in [0.2, 0.25) is 5.91 Å². The summed E-state index contributed by atoms with van der Waals surface area (Å²) >= 11 is 0. The number of hydrogen-bond donors (Lipinski definition) is 0. The van der Waals surface area contributed by atoms with E-state index in [0.29, 0.717) is 77.0 Å². The lowest BCUT2D eigenvalue weighted by Crippen LogP contribution is -2.43. The first kappa shape index (κ1) is 44.6. The molecule has 9 rings (SSSR count). The van der Waals surface area contributed by atoms with Crippen molar-refractivity contribution in [3.8, 4) is 17.0 Å². The first-order valence-electron chi connectivity index (χ1n) is 23.0. The number of piperidine rings is 1. The van der Waals surface area contributed by atoms with Crippen LogP contribution < -0.4 is 9.64 Å². The molecule has 1 atom stereocenters. The fourth-order valence-electron chi connectivity index (χ4n) is 9.81. The van der Waals surface area contributed by atoms with Gasteiger partial charge in [0.05, 0.1) is 36.7 Å². The third kappa shape index (κ3) is 9.26. The zero-order chi connectivity index (χ0) is 46.1. The minimum Gasteiger partial charge on any atom is -0.494 e. The Kier molecular flexibility index (Phi) is 12.9. The third-order valence-electron chi connectivity index (χ3n) is 13.9. The van der Waals surface area contributed by atoms with Gasteiger partial charge in [-0.15, -0.1) is 0 Å². The summed E-state index contributed by atoms with van der Waals surface area (Å²) in [6.07, 6.45) is 7.44. The van der Waals surface area contributed by atoms with Crippen molar-refractivity contribution in [1.29, 1.82) is 0 Å². The first-order valence-corrected chi connectivity index (χ1v) is 23.0. The second-order valence-corrected chi connectivity index (χ2v) is 18.2. The summed E-state index contributed by atoms with van der Waals surface area (Å²) in [5.74, 6) is 0.957. The Labute approximate surface area is 385 Å². The molecule has 5 heterocycles. The van der Waals surface area contributed by atoms with E-state index >= 15 is 4.79 Å². The number of para-hydroxylation sites is 1. The highest BCUT2D eigenvalue weighted by atomic mass is 19.3. The second kappa shape index (κ2) is 19.1. The van der Waals surface area contributed by atoms with Gasteiger partial charge in [0, 0.05) is 60.9 Å². The summed E-state index contributed by atoms with van der Waals surface area (Å²) in [6, 6.07) is 30.6. The standard InChI is InChI=1S/C53H57F2N7O4/c1-35-26-39-10-8-9-11-41(39)33-60(35)51(64)48-29-42-32-59(50(63)27-38-14-16-45(17-15-38)66-25-21-37-18-22-57(3)23-19-37)24-20-40(42)28-47(48)49-30-46(36(2)58(49)4)52(65)62(43-12-6-5-7-13-43)44-31-56-61(34-44)53(54)55/h5-17,28-31,34-35,37,53H,18-27,32-33H2,1-4H3/t35-/m1/s1. The fraction of sp³-hybridized carbons (Fsp3) is 0.358. The van der Waals surface area contributed by atoms with Gasteiger partial charge in [-0.05, 0) is 142 Å². The molecule has 11 nitrogen and oxygen atoms in total. The van der Waals surface area contributed by atoms with Crippen molar-refractivity contribution in [2.45, 2.75) is 78.1 Å². The van der Waals surface area contributed by atoms with Crippen molar-refractivity contribution < 1.29 is 27.9 Å². The molecule has 4 aromatic carbocycles. The van der Waals surface area contributed by atoms with Crippen molar-refractivity contribution >= 4 is 29.1 Å². The van der Waals surface area contributed by atoms with Gasteiger partial charge in [0.1, 0.15) is 5.75 Å². The van der Waals surface area contributed by atoms with Crippen molar-refractivity contribution in [2.75, 3.05) is 38.2 Å². The number of aromatic nitrogens is 3. The Hall–Kier alpha value is -6.60. The molecule has 3 amide bonds. The van der Waals surface area contributed by atoms with Gasteiger partial charge < -0.3 is 24.0 Å². The number of fused-ring (bicyclic) bond motifs is 2. The molecular formula is C53H57F2N7O4. The molecule has 0 N–H and O–H groups in total. The van der Waals surface area contributed by atoms with Crippen molar-refractivity contribution in [2.24, 2.45) is 13.0 Å². The molecule has 342 valence electrons. The average Bonchev–Trinajstić information content (AvgIpc) is 3.93. The molecule has 6 aromatic rings. The lowest BCUT2D eigenvalue weighted by atomic mass is 9.89. The van der Waals surface area contributed by atoms with Crippen LogP contribution in [0.5, 0.6) is 5.75 Å². The maximum absolute atomic E-state index is 15.1. The summed E-state index contributed by atoms with van der Waals surface area (Å²) in [5, 5.41) is 3.83. The molecule has 1 fully saturated rings. The second-order valence-electron chi connectivity index (χ2n) is 18.2. The minimum atomic E-state index is -2.88. The molecule has 0 bridgehead atoms. The SMILES string of the molecule is Cc1c(C(=O)N(c2ccccc2)c2cnn(C(F)F)c2)cc(-c2cc3c(cc2C(=O)N2Cc4ccccc4C[C@H]2C)CN(C(=O)Cc2ccc(OCCC4CCN(C)CC4)cc2)CC3)n1C. The normalized spacial score (nSPS) is 16.6. The van der Waals surface area contributed by atoms with Crippen LogP contribution in [0.15, 0.2) is 109 Å². The molecule has 13 heteroatoms. The largest absolute Gasteiger partial charge is 0.494 e. The van der Waals surface area contributed by atoms with Gasteiger partial charge in [-0.2, -0.15) is 13.9 Å². The Morgan fingerprint density at radius 3 is 2.27 bits per heavy atom. The number of anilines is 2. The van der Waals surface area contributed by atoms with E-state index in [1.54, 1.807) is 30.3 Å². The van der Waals surface area contributed by atoms with Crippen molar-refractivity contribution in [3.05, 3.63) is 154 Å². The van der Waals surface area contributed by atoms with E-state index in [9.17, 15) is 18.4 Å². The summed E-state index contributed by atoms with van der Waals surface area (Å²) < 4.78 is 36.0. The molecule has 3 aliphatic heterocycles. The predicted molar refractivity (Wildman–Crippen MR) is 251 cm³/mol. The number of hydrogen-bond acceptors (Lipinski definition) is 6. The number of likely N-dealkylation sites (tertiary alicyclic amines) is 1. The molecule has 0 aliphatic carbocycles. The molecule has 1 saturated heterocycles. The van der Waals surface area contributed by atoms with Crippen LogP contribution in [0.25, 0.3) is 11.3 Å². The van der Waals surface area contributed by atoms with E-state index in [1.165, 1.54) is 29.5 Å². The number of carbonyl (C=O) groups is 3. The number of carbonyl (C=O) groups excluding carboxylic acids is 3. The topological polar surface area (TPSA) is 96.2 Å². The smallest absolute Gasteiger partial charge is 0.333 e. The van der Waals surface area contributed by atoms with E-state index in [2.05, 4.69) is 42.2 Å². The van der Waals surface area contributed by atoms with E-state index in [0.717, 1.165) is 60.1 Å². The lowest BCUT2D eigenvalue weighted by molar-refractivity contribution is -0.131. The molecule has 2 aromatic heterocycles. The summed E-state index contributed by atoms with van der Waals surface area (Å²) in [5.41, 5.74) is 8.68. The van der Waals surface area contributed by atoms with Crippen LogP contribution in [-0.4, -0.2) is 86.1 Å². The zero-order valence-electron chi connectivity index (χ0n) is 38.1. The van der Waals surface area contributed by atoms with Gasteiger partial charge in [-0.1, -0.05) is 54.6 Å². The van der Waals surface area contributed by atoms with Crippen LogP contribution in [-0.2, 0) is 44.2 Å². The molecule has 0 spiro atoms. The average molecular weight is 894 g/mol. The van der Waals surface area contributed by atoms with Crippen LogP contribution >= 0.6 is 0 Å². The van der Waals surface area contributed by atoms with Gasteiger partial charge in [0.15, 0.2) is 0 Å². The highest BCUT2D eigenvalue weighted by Gasteiger charge is 2.33. The number of amides is 3. The molecule has 66 heavy (non-hydrogen) atoms. The fourth-order valence-corrected chi connectivity index (χ4v) is 9.81. The first-order chi connectivity index (χ1) is 31.9. The summed E-state index contributed by atoms with van der Waals surface area (Å²) in [7, 11) is 4.04. The molecule has 0 radical (unpaired) electrons. The summed E-state index contributed by atoms with van der Waals surface area (Å²) in [4.78, 5) is 51.3. The van der Waals surface area contributed by atoms with E-state index < -0.39 is 12.5 Å². The Morgan fingerprint density at radius 2 is 1.55 bits per heavy atom. The zero-order valence-corrected chi connectivity index (χ0v) is 38.1. The van der Waals surface area contributed by atoms with Crippen LogP contribution in [0.4, 0.5) is 20.2 Å². The molecule has 0 unspecified atom stereocenters. The van der Waals surface area contributed by atoms with Gasteiger partial charge in [0.25, 0.3) is 11.8 Å². The quantitative estimate of drug-likeness (QED) is 0.122. The van der Waals surface area contributed by atoms with Gasteiger partial charge in [-0.3, -0.25) is 19.3 Å². The molecule has 0 saturated carbocycles. The number of rotatable bonds is 12. The summed E-state index contributed by atoms with van der Waals surface area (Å²) in [6.45, 7) is 5.33. The number of alkyl halides is 2. The monoisotopic (exact) mass is 893 g/mol. The van der Waals surface area contributed by atoms with E-state index in [4.69, 9.17) is 4.74 Å². The van der Waals surface area contributed by atoms with Crippen molar-refractivity contribution in [3.63, 3.8) is 0 Å². The maximum Gasteiger partial charge on any atom is 0.333 e. The van der Waals surface area contributed by atoms with Crippen molar-refractivity contribution in [1.82, 2.24) is 29.0 Å². The highest BCUT2D eigenvalue weighted by molar-refractivity contribution is 6.12. The van der Waals surface area contributed by atoms with Crippen LogP contribution in [0.3, 0.4) is 0 Å². The van der Waals surface area contributed by atoms with Crippen LogP contribution in [0, 0.1) is 12.8 Å². The number of halogens is 2. The lowest BCUT2D eigenvalue weighted by Gasteiger charge is -2.36. The Morgan fingerprint density at radius 1 is 0.818 bits per heavy atom. The molecular weight excluding hydrogens is 837 g/mol. The van der Waals surface area contributed by atoms with Crippen LogP contribution in [0.2, 0.25) is 0 Å². The van der Waals surface area contributed by atoms with Crippen LogP contribution in [0.1, 0.15) is 87.0 Å². The van der Waals surface area contributed by atoms with Gasteiger partial charge >= 0.3 is 6.55 Å². The predicted octanol–water partition coefficient (Wildman–Crippen LogP) is 9.40. The number of ether oxygens (including phenoxy) is 1. The highest BCUT2D eigenvalue weighted by Crippen LogP contribution is 2.37. The number of nitrogens with zero attached hydrogens (tertiary/aromatic N) is 7. The maximum atomic E-state index is 15.1.